The first-order valence-corrected chi connectivity index (χ1v) is 11.3. The van der Waals surface area contributed by atoms with Gasteiger partial charge in [0.1, 0.15) is 12.3 Å². The zero-order valence-electron chi connectivity index (χ0n) is 18.0. The molecule has 1 amide bonds. The highest BCUT2D eigenvalue weighted by atomic mass is 32.2. The Morgan fingerprint density at radius 1 is 0.969 bits per heavy atom. The van der Waals surface area contributed by atoms with Crippen LogP contribution in [0.2, 0.25) is 0 Å². The maximum atomic E-state index is 13.4. The first-order valence-electron chi connectivity index (χ1n) is 9.85. The van der Waals surface area contributed by atoms with Gasteiger partial charge in [-0.05, 0) is 62.4 Å². The van der Waals surface area contributed by atoms with Crippen molar-refractivity contribution >= 4 is 33.1 Å². The van der Waals surface area contributed by atoms with Crippen molar-refractivity contribution in [1.82, 2.24) is 0 Å². The average molecular weight is 453 g/mol. The molecule has 0 radical (unpaired) electrons. The van der Waals surface area contributed by atoms with Gasteiger partial charge in [0.15, 0.2) is 5.78 Å². The van der Waals surface area contributed by atoms with Gasteiger partial charge >= 0.3 is 0 Å². The molecular formula is C24H24N2O5S. The van der Waals surface area contributed by atoms with E-state index in [2.05, 4.69) is 5.32 Å². The van der Waals surface area contributed by atoms with Crippen LogP contribution >= 0.6 is 0 Å². The minimum Gasteiger partial charge on any atom is -0.497 e. The fourth-order valence-electron chi connectivity index (χ4n) is 3.05. The van der Waals surface area contributed by atoms with Gasteiger partial charge in [0.25, 0.3) is 10.0 Å². The van der Waals surface area contributed by atoms with Gasteiger partial charge in [-0.1, -0.05) is 29.8 Å². The van der Waals surface area contributed by atoms with E-state index in [9.17, 15) is 18.0 Å². The molecule has 0 heterocycles. The quantitative estimate of drug-likeness (QED) is 0.521. The van der Waals surface area contributed by atoms with E-state index in [1.807, 2.05) is 6.92 Å². The molecule has 3 rings (SSSR count). The van der Waals surface area contributed by atoms with Crippen molar-refractivity contribution in [1.29, 1.82) is 0 Å². The maximum Gasteiger partial charge on any atom is 0.264 e. The molecule has 0 aliphatic heterocycles. The number of Topliss-reactive ketones (excluding diaryl/α,β-unsaturated/α-hetero) is 1. The lowest BCUT2D eigenvalue weighted by molar-refractivity contribution is -0.114. The van der Waals surface area contributed by atoms with E-state index in [1.54, 1.807) is 60.7 Å². The largest absolute Gasteiger partial charge is 0.497 e. The smallest absolute Gasteiger partial charge is 0.264 e. The minimum atomic E-state index is -4.02. The molecule has 0 spiro atoms. The first kappa shape index (κ1) is 23.0. The van der Waals surface area contributed by atoms with E-state index in [-0.39, 0.29) is 10.7 Å². The molecule has 0 aliphatic carbocycles. The van der Waals surface area contributed by atoms with Gasteiger partial charge in [0.2, 0.25) is 5.91 Å². The summed E-state index contributed by atoms with van der Waals surface area (Å²) in [5, 5.41) is 2.67. The lowest BCUT2D eigenvalue weighted by Crippen LogP contribution is -2.38. The Morgan fingerprint density at radius 2 is 1.62 bits per heavy atom. The Balaban J connectivity index is 1.93. The number of rotatable bonds is 8. The molecule has 3 aromatic rings. The van der Waals surface area contributed by atoms with Crippen LogP contribution in [0, 0.1) is 6.92 Å². The normalized spacial score (nSPS) is 11.0. The lowest BCUT2D eigenvalue weighted by Gasteiger charge is -2.24. The van der Waals surface area contributed by atoms with Gasteiger partial charge in [-0.25, -0.2) is 8.42 Å². The number of ketones is 1. The number of carbonyl (C=O) groups excluding carboxylic acids is 2. The molecule has 7 nitrogen and oxygen atoms in total. The summed E-state index contributed by atoms with van der Waals surface area (Å²) in [6.07, 6.45) is 0. The molecule has 0 bridgehead atoms. The van der Waals surface area contributed by atoms with Crippen LogP contribution in [0.25, 0.3) is 0 Å². The van der Waals surface area contributed by atoms with E-state index in [0.29, 0.717) is 22.7 Å². The third-order valence-corrected chi connectivity index (χ3v) is 6.60. The van der Waals surface area contributed by atoms with Crippen LogP contribution in [0.5, 0.6) is 5.75 Å². The Labute approximate surface area is 187 Å². The highest BCUT2D eigenvalue weighted by Gasteiger charge is 2.27. The van der Waals surface area contributed by atoms with Gasteiger partial charge in [-0.15, -0.1) is 0 Å². The molecular weight excluding hydrogens is 428 g/mol. The summed E-state index contributed by atoms with van der Waals surface area (Å²) in [6, 6.07) is 19.3. The number of nitrogens with one attached hydrogen (secondary N) is 1. The molecule has 0 fully saturated rings. The molecule has 166 valence electrons. The number of benzene rings is 3. The maximum absolute atomic E-state index is 13.4. The number of amides is 1. The summed E-state index contributed by atoms with van der Waals surface area (Å²) in [4.78, 5) is 24.5. The molecule has 0 aliphatic rings. The summed E-state index contributed by atoms with van der Waals surface area (Å²) in [5.41, 5.74) is 2.09. The van der Waals surface area contributed by atoms with E-state index in [1.165, 1.54) is 26.2 Å². The Bertz CT molecular complexity index is 1220. The van der Waals surface area contributed by atoms with Gasteiger partial charge in [-0.2, -0.15) is 0 Å². The molecule has 32 heavy (non-hydrogen) atoms. The van der Waals surface area contributed by atoms with Crippen molar-refractivity contribution in [3.8, 4) is 5.75 Å². The van der Waals surface area contributed by atoms with Crippen LogP contribution < -0.4 is 14.4 Å². The summed E-state index contributed by atoms with van der Waals surface area (Å²) in [5.74, 6) is -0.118. The molecule has 8 heteroatoms. The van der Waals surface area contributed by atoms with Crippen molar-refractivity contribution in [2.75, 3.05) is 23.3 Å². The van der Waals surface area contributed by atoms with Crippen LogP contribution in [-0.2, 0) is 14.8 Å². The van der Waals surface area contributed by atoms with Crippen LogP contribution in [-0.4, -0.2) is 33.8 Å². The van der Waals surface area contributed by atoms with Gasteiger partial charge in [0, 0.05) is 11.3 Å². The van der Waals surface area contributed by atoms with Crippen LogP contribution in [0.4, 0.5) is 11.4 Å². The Hall–Kier alpha value is -3.65. The lowest BCUT2D eigenvalue weighted by atomic mass is 10.1. The Morgan fingerprint density at radius 3 is 2.22 bits per heavy atom. The fraction of sp³-hybridized carbons (Fsp3) is 0.167. The van der Waals surface area contributed by atoms with Crippen molar-refractivity contribution in [2.45, 2.75) is 18.7 Å². The molecule has 3 aromatic carbocycles. The number of nitrogens with zero attached hydrogens (tertiary/aromatic N) is 1. The van der Waals surface area contributed by atoms with Gasteiger partial charge < -0.3 is 10.1 Å². The molecule has 0 saturated carbocycles. The molecule has 0 unspecified atom stereocenters. The first-order chi connectivity index (χ1) is 15.2. The van der Waals surface area contributed by atoms with E-state index >= 15 is 0 Å². The summed E-state index contributed by atoms with van der Waals surface area (Å²) in [6.45, 7) is 2.84. The number of methoxy groups -OCH3 is 1. The minimum absolute atomic E-state index is 0.0743. The van der Waals surface area contributed by atoms with Crippen LogP contribution in [0.3, 0.4) is 0 Å². The fourth-order valence-corrected chi connectivity index (χ4v) is 4.47. The molecule has 0 aromatic heterocycles. The summed E-state index contributed by atoms with van der Waals surface area (Å²) in [7, 11) is -2.51. The van der Waals surface area contributed by atoms with Crippen molar-refractivity contribution in [3.63, 3.8) is 0 Å². The number of hydrogen-bond donors (Lipinski definition) is 1. The van der Waals surface area contributed by atoms with E-state index < -0.39 is 22.5 Å². The highest BCUT2D eigenvalue weighted by molar-refractivity contribution is 7.92. The number of carbonyl (C=O) groups is 2. The molecule has 0 atom stereocenters. The predicted octanol–water partition coefficient (Wildman–Crippen LogP) is 4.04. The standard InChI is InChI=1S/C24H24N2O5S/c1-17-7-13-23(14-8-17)32(29,30)26(21-9-11-22(31-3)12-10-21)16-24(28)25-20-6-4-5-19(15-20)18(2)27/h4-15H,16H2,1-3H3,(H,25,28). The number of ether oxygens (including phenoxy) is 1. The van der Waals surface area contributed by atoms with E-state index in [4.69, 9.17) is 4.74 Å². The SMILES string of the molecule is COc1ccc(N(CC(=O)Nc2cccc(C(C)=O)c2)S(=O)(=O)c2ccc(C)cc2)cc1. The van der Waals surface area contributed by atoms with Crippen LogP contribution in [0.1, 0.15) is 22.8 Å². The van der Waals surface area contributed by atoms with Crippen molar-refractivity contribution in [2.24, 2.45) is 0 Å². The van der Waals surface area contributed by atoms with E-state index in [0.717, 1.165) is 9.87 Å². The Kier molecular flexibility index (Phi) is 6.95. The zero-order chi connectivity index (χ0) is 23.3. The van der Waals surface area contributed by atoms with Crippen molar-refractivity contribution in [3.05, 3.63) is 83.9 Å². The number of aryl methyl sites for hydroxylation is 1. The monoisotopic (exact) mass is 452 g/mol. The van der Waals surface area contributed by atoms with Crippen molar-refractivity contribution < 1.29 is 22.7 Å². The van der Waals surface area contributed by atoms with Gasteiger partial charge in [-0.3, -0.25) is 13.9 Å². The second-order valence-electron chi connectivity index (χ2n) is 7.21. The van der Waals surface area contributed by atoms with Gasteiger partial charge in [0.05, 0.1) is 17.7 Å². The zero-order valence-corrected chi connectivity index (χ0v) is 18.8. The third-order valence-electron chi connectivity index (χ3n) is 4.81. The number of hydrogen-bond acceptors (Lipinski definition) is 5. The number of sulfonamides is 1. The average Bonchev–Trinajstić information content (AvgIpc) is 2.78. The molecule has 1 N–H and O–H groups in total. The predicted molar refractivity (Wildman–Crippen MR) is 124 cm³/mol. The second-order valence-corrected chi connectivity index (χ2v) is 9.07. The topological polar surface area (TPSA) is 92.8 Å². The summed E-state index contributed by atoms with van der Waals surface area (Å²) >= 11 is 0. The summed E-state index contributed by atoms with van der Waals surface area (Å²) < 4.78 is 33.0. The second kappa shape index (κ2) is 9.65. The molecule has 0 saturated heterocycles. The van der Waals surface area contributed by atoms with Crippen LogP contribution in [0.15, 0.2) is 77.7 Å². The highest BCUT2D eigenvalue weighted by Crippen LogP contribution is 2.26. The third kappa shape index (κ3) is 5.33. The number of anilines is 2.